The molecule has 4 nitrogen and oxygen atoms in total. The number of aromatic nitrogens is 4. The van der Waals surface area contributed by atoms with Crippen molar-refractivity contribution in [3.8, 4) is 22.5 Å². The van der Waals surface area contributed by atoms with Crippen molar-refractivity contribution in [3.63, 3.8) is 0 Å². The van der Waals surface area contributed by atoms with Crippen LogP contribution in [0.1, 0.15) is 5.56 Å². The molecule has 106 valence electrons. The monoisotopic (exact) mass is 290 g/mol. The zero-order valence-corrected chi connectivity index (χ0v) is 10.6. The molecule has 0 bridgehead atoms. The number of hydrogen-bond donors (Lipinski definition) is 1. The Balaban J connectivity index is 2.09. The summed E-state index contributed by atoms with van der Waals surface area (Å²) < 4.78 is 38.3. The highest BCUT2D eigenvalue weighted by Crippen LogP contribution is 2.34. The molecule has 0 aliphatic carbocycles. The van der Waals surface area contributed by atoms with Crippen LogP contribution in [0.15, 0.2) is 49.1 Å². The highest BCUT2D eigenvalue weighted by molar-refractivity contribution is 5.78. The lowest BCUT2D eigenvalue weighted by atomic mass is 10.0. The van der Waals surface area contributed by atoms with Crippen molar-refractivity contribution in [1.82, 2.24) is 20.2 Å². The number of nitrogens with one attached hydrogen (secondary N) is 1. The van der Waals surface area contributed by atoms with E-state index in [0.29, 0.717) is 22.5 Å². The summed E-state index contributed by atoms with van der Waals surface area (Å²) in [5, 5.41) is 6.68. The molecular weight excluding hydrogens is 281 g/mol. The fourth-order valence-electron chi connectivity index (χ4n) is 1.99. The standard InChI is InChI=1S/C14H9F3N4/c15-14(16,17)10-3-1-2-9(6-10)13-11(7-20-21-13)12-8-18-4-5-19-12/h1-8H,(H,20,21). The molecular formula is C14H9F3N4. The number of H-pyrrole nitrogens is 1. The first-order chi connectivity index (χ1) is 10.1. The van der Waals surface area contributed by atoms with Crippen LogP contribution in [0, 0.1) is 0 Å². The van der Waals surface area contributed by atoms with E-state index in [1.807, 2.05) is 0 Å². The van der Waals surface area contributed by atoms with Gasteiger partial charge in [-0.15, -0.1) is 0 Å². The van der Waals surface area contributed by atoms with Crippen LogP contribution in [0.2, 0.25) is 0 Å². The van der Waals surface area contributed by atoms with Crippen LogP contribution < -0.4 is 0 Å². The second-order valence-electron chi connectivity index (χ2n) is 4.32. The van der Waals surface area contributed by atoms with E-state index in [2.05, 4.69) is 20.2 Å². The minimum absolute atomic E-state index is 0.367. The summed E-state index contributed by atoms with van der Waals surface area (Å²) in [4.78, 5) is 8.08. The molecule has 0 spiro atoms. The molecule has 1 aromatic carbocycles. The Morgan fingerprint density at radius 3 is 2.67 bits per heavy atom. The lowest BCUT2D eigenvalue weighted by Crippen LogP contribution is -2.04. The molecule has 3 rings (SSSR count). The van der Waals surface area contributed by atoms with Crippen LogP contribution in [0.3, 0.4) is 0 Å². The Bertz CT molecular complexity index is 750. The van der Waals surface area contributed by atoms with Crippen molar-refractivity contribution >= 4 is 0 Å². The first-order valence-electron chi connectivity index (χ1n) is 6.03. The van der Waals surface area contributed by atoms with Gasteiger partial charge in [-0.3, -0.25) is 15.1 Å². The van der Waals surface area contributed by atoms with Gasteiger partial charge in [-0.2, -0.15) is 18.3 Å². The van der Waals surface area contributed by atoms with Gasteiger partial charge in [0.25, 0.3) is 0 Å². The average Bonchev–Trinajstić information content (AvgIpc) is 2.97. The lowest BCUT2D eigenvalue weighted by molar-refractivity contribution is -0.137. The van der Waals surface area contributed by atoms with Crippen LogP contribution in [-0.2, 0) is 6.18 Å². The third kappa shape index (κ3) is 2.62. The SMILES string of the molecule is FC(F)(F)c1cccc(-c2n[nH]cc2-c2cnccn2)c1. The summed E-state index contributed by atoms with van der Waals surface area (Å²) in [7, 11) is 0. The molecule has 21 heavy (non-hydrogen) atoms. The maximum atomic E-state index is 12.8. The van der Waals surface area contributed by atoms with Crippen LogP contribution in [0.5, 0.6) is 0 Å². The van der Waals surface area contributed by atoms with Gasteiger partial charge >= 0.3 is 6.18 Å². The highest BCUT2D eigenvalue weighted by Gasteiger charge is 2.30. The van der Waals surface area contributed by atoms with E-state index in [0.717, 1.165) is 12.1 Å². The predicted octanol–water partition coefficient (Wildman–Crippen LogP) is 3.55. The van der Waals surface area contributed by atoms with E-state index in [1.54, 1.807) is 12.3 Å². The molecule has 2 aromatic heterocycles. The molecule has 0 saturated carbocycles. The van der Waals surface area contributed by atoms with Crippen molar-refractivity contribution in [1.29, 1.82) is 0 Å². The molecule has 0 radical (unpaired) electrons. The lowest BCUT2D eigenvalue weighted by Gasteiger charge is -2.08. The first-order valence-corrected chi connectivity index (χ1v) is 6.03. The van der Waals surface area contributed by atoms with E-state index >= 15 is 0 Å². The second-order valence-corrected chi connectivity index (χ2v) is 4.32. The maximum Gasteiger partial charge on any atom is 0.416 e. The maximum absolute atomic E-state index is 12.8. The van der Waals surface area contributed by atoms with Crippen molar-refractivity contribution < 1.29 is 13.2 Å². The van der Waals surface area contributed by atoms with Gasteiger partial charge in [0, 0.05) is 29.7 Å². The smallest absolute Gasteiger partial charge is 0.284 e. The zero-order chi connectivity index (χ0) is 14.9. The van der Waals surface area contributed by atoms with Crippen LogP contribution in [0.25, 0.3) is 22.5 Å². The van der Waals surface area contributed by atoms with Crippen molar-refractivity contribution in [2.75, 3.05) is 0 Å². The third-order valence-corrected chi connectivity index (χ3v) is 2.94. The molecule has 0 atom stereocenters. The Hall–Kier alpha value is -2.70. The number of nitrogens with zero attached hydrogens (tertiary/aromatic N) is 3. The Morgan fingerprint density at radius 2 is 1.95 bits per heavy atom. The summed E-state index contributed by atoms with van der Waals surface area (Å²) in [5.74, 6) is 0. The largest absolute Gasteiger partial charge is 0.416 e. The van der Waals surface area contributed by atoms with Crippen LogP contribution in [-0.4, -0.2) is 20.2 Å². The molecule has 0 aliphatic rings. The molecule has 2 heterocycles. The molecule has 7 heteroatoms. The fraction of sp³-hybridized carbons (Fsp3) is 0.0714. The van der Waals surface area contributed by atoms with Gasteiger partial charge in [0.05, 0.1) is 17.5 Å². The second kappa shape index (κ2) is 5.01. The molecule has 0 aliphatic heterocycles. The molecule has 1 N–H and O–H groups in total. The van der Waals surface area contributed by atoms with Gasteiger partial charge in [0.2, 0.25) is 0 Å². The summed E-state index contributed by atoms with van der Waals surface area (Å²) >= 11 is 0. The zero-order valence-electron chi connectivity index (χ0n) is 10.6. The minimum atomic E-state index is -4.39. The van der Waals surface area contributed by atoms with Gasteiger partial charge in [-0.25, -0.2) is 0 Å². The molecule has 0 unspecified atom stereocenters. The number of rotatable bonds is 2. The average molecular weight is 290 g/mol. The fourth-order valence-corrected chi connectivity index (χ4v) is 1.99. The third-order valence-electron chi connectivity index (χ3n) is 2.94. The number of hydrogen-bond acceptors (Lipinski definition) is 3. The predicted molar refractivity (Wildman–Crippen MR) is 70.1 cm³/mol. The van der Waals surface area contributed by atoms with E-state index < -0.39 is 11.7 Å². The summed E-state index contributed by atoms with van der Waals surface area (Å²) in [6.07, 6.45) is 1.76. The quantitative estimate of drug-likeness (QED) is 0.785. The van der Waals surface area contributed by atoms with E-state index in [9.17, 15) is 13.2 Å². The molecule has 0 saturated heterocycles. The van der Waals surface area contributed by atoms with Crippen molar-refractivity contribution in [2.45, 2.75) is 6.18 Å². The van der Waals surface area contributed by atoms with Crippen LogP contribution in [0.4, 0.5) is 13.2 Å². The number of benzene rings is 1. The van der Waals surface area contributed by atoms with E-state index in [1.165, 1.54) is 24.7 Å². The number of alkyl halides is 3. The molecule has 3 aromatic rings. The number of halogens is 3. The van der Waals surface area contributed by atoms with Gasteiger partial charge in [0.15, 0.2) is 0 Å². The van der Waals surface area contributed by atoms with Crippen molar-refractivity contribution in [3.05, 3.63) is 54.6 Å². The van der Waals surface area contributed by atoms with Gasteiger partial charge in [-0.1, -0.05) is 12.1 Å². The Morgan fingerprint density at radius 1 is 1.10 bits per heavy atom. The summed E-state index contributed by atoms with van der Waals surface area (Å²) in [6.45, 7) is 0. The number of aromatic amines is 1. The van der Waals surface area contributed by atoms with Gasteiger partial charge in [-0.05, 0) is 12.1 Å². The van der Waals surface area contributed by atoms with E-state index in [4.69, 9.17) is 0 Å². The normalized spacial score (nSPS) is 11.6. The summed E-state index contributed by atoms with van der Waals surface area (Å²) in [6, 6.07) is 5.02. The van der Waals surface area contributed by atoms with E-state index in [-0.39, 0.29) is 0 Å². The molecule has 0 amide bonds. The van der Waals surface area contributed by atoms with Gasteiger partial charge < -0.3 is 0 Å². The van der Waals surface area contributed by atoms with Gasteiger partial charge in [0.1, 0.15) is 5.69 Å². The first kappa shape index (κ1) is 13.3. The Labute approximate surface area is 117 Å². The molecule has 0 fully saturated rings. The topological polar surface area (TPSA) is 54.5 Å². The van der Waals surface area contributed by atoms with Crippen LogP contribution >= 0.6 is 0 Å². The summed E-state index contributed by atoms with van der Waals surface area (Å²) in [5.41, 5.74) is 1.20. The highest BCUT2D eigenvalue weighted by atomic mass is 19.4. The Kier molecular flexibility index (Phi) is 3.17. The van der Waals surface area contributed by atoms with Crippen molar-refractivity contribution in [2.24, 2.45) is 0 Å². The minimum Gasteiger partial charge on any atom is -0.284 e.